The molecule has 6 nitrogen and oxygen atoms in total. The number of amides is 1. The number of anilines is 1. The molecule has 2 heterocycles. The van der Waals surface area contributed by atoms with Crippen molar-refractivity contribution in [3.8, 4) is 0 Å². The van der Waals surface area contributed by atoms with Gasteiger partial charge in [-0.2, -0.15) is 5.10 Å². The highest BCUT2D eigenvalue weighted by Crippen LogP contribution is 2.30. The number of carbonyl (C=O) groups is 1. The molecule has 17 heavy (non-hydrogen) atoms. The van der Waals surface area contributed by atoms with Crippen molar-refractivity contribution in [2.75, 3.05) is 18.8 Å². The van der Waals surface area contributed by atoms with Gasteiger partial charge in [-0.25, -0.2) is 4.79 Å². The summed E-state index contributed by atoms with van der Waals surface area (Å²) in [6, 6.07) is 0. The Hall–Kier alpha value is -1.72. The Morgan fingerprint density at radius 2 is 2.24 bits per heavy atom. The minimum absolute atomic E-state index is 0.265. The summed E-state index contributed by atoms with van der Waals surface area (Å²) < 4.78 is 5.27. The average Bonchev–Trinajstić information content (AvgIpc) is 2.46. The molecule has 1 saturated heterocycles. The zero-order chi connectivity index (χ0) is 12.6. The Morgan fingerprint density at radius 1 is 1.59 bits per heavy atom. The first-order valence-corrected chi connectivity index (χ1v) is 5.63. The van der Waals surface area contributed by atoms with Gasteiger partial charge in [0.25, 0.3) is 0 Å². The predicted molar refractivity (Wildman–Crippen MR) is 63.5 cm³/mol. The molecule has 1 amide bonds. The Kier molecular flexibility index (Phi) is 2.73. The topological polar surface area (TPSA) is 84.2 Å². The van der Waals surface area contributed by atoms with Crippen molar-refractivity contribution in [2.45, 2.75) is 32.3 Å². The lowest BCUT2D eigenvalue weighted by molar-refractivity contribution is 0.00824. The van der Waals surface area contributed by atoms with Gasteiger partial charge in [0.1, 0.15) is 11.4 Å². The summed E-state index contributed by atoms with van der Waals surface area (Å²) in [5.41, 5.74) is 6.25. The van der Waals surface area contributed by atoms with E-state index in [2.05, 4.69) is 10.2 Å². The number of H-pyrrole nitrogens is 1. The van der Waals surface area contributed by atoms with E-state index in [4.69, 9.17) is 10.5 Å². The van der Waals surface area contributed by atoms with Crippen LogP contribution in [0.4, 0.5) is 10.6 Å². The van der Waals surface area contributed by atoms with Crippen LogP contribution in [-0.2, 0) is 4.74 Å². The molecule has 0 aromatic carbocycles. The van der Waals surface area contributed by atoms with E-state index in [0.717, 1.165) is 5.56 Å². The van der Waals surface area contributed by atoms with Crippen LogP contribution in [0.25, 0.3) is 0 Å². The first kappa shape index (κ1) is 11.8. The normalized spacial score (nSPS) is 16.8. The van der Waals surface area contributed by atoms with Gasteiger partial charge in [-0.3, -0.25) is 5.10 Å². The third-order valence-electron chi connectivity index (χ3n) is 2.67. The standard InChI is InChI=1S/C11H18N4O2/c1-11(2,3)17-10(16)15-5-7(6-15)8-4-13-14-9(8)12/h4,7H,5-6H2,1-3H3,(H3,12,13,14). The van der Waals surface area contributed by atoms with Crippen molar-refractivity contribution in [3.63, 3.8) is 0 Å². The maximum absolute atomic E-state index is 11.7. The zero-order valence-electron chi connectivity index (χ0n) is 10.4. The number of hydrogen-bond donors (Lipinski definition) is 2. The van der Waals surface area contributed by atoms with Crippen molar-refractivity contribution < 1.29 is 9.53 Å². The van der Waals surface area contributed by atoms with Gasteiger partial charge in [0.15, 0.2) is 0 Å². The van der Waals surface area contributed by atoms with Gasteiger partial charge >= 0.3 is 6.09 Å². The molecule has 0 bridgehead atoms. The number of aromatic amines is 1. The highest BCUT2D eigenvalue weighted by molar-refractivity contribution is 5.69. The Bertz CT molecular complexity index is 415. The van der Waals surface area contributed by atoms with Crippen LogP contribution < -0.4 is 5.73 Å². The number of nitrogens with two attached hydrogens (primary N) is 1. The number of rotatable bonds is 1. The van der Waals surface area contributed by atoms with E-state index in [1.54, 1.807) is 11.1 Å². The van der Waals surface area contributed by atoms with Gasteiger partial charge < -0.3 is 15.4 Å². The summed E-state index contributed by atoms with van der Waals surface area (Å²) in [6.45, 7) is 6.85. The third-order valence-corrected chi connectivity index (χ3v) is 2.67. The Morgan fingerprint density at radius 3 is 2.71 bits per heavy atom. The summed E-state index contributed by atoms with van der Waals surface area (Å²) in [5.74, 6) is 0.847. The van der Waals surface area contributed by atoms with E-state index in [1.165, 1.54) is 0 Å². The van der Waals surface area contributed by atoms with Crippen molar-refractivity contribution in [3.05, 3.63) is 11.8 Å². The van der Waals surface area contributed by atoms with Crippen LogP contribution in [0.2, 0.25) is 0 Å². The third kappa shape index (κ3) is 2.51. The molecule has 1 aromatic heterocycles. The van der Waals surface area contributed by atoms with Gasteiger partial charge in [-0.15, -0.1) is 0 Å². The molecule has 0 unspecified atom stereocenters. The van der Waals surface area contributed by atoms with Crippen LogP contribution in [0, 0.1) is 0 Å². The number of nitrogens with zero attached hydrogens (tertiary/aromatic N) is 2. The SMILES string of the molecule is CC(C)(C)OC(=O)N1CC(c2cn[nH]c2N)C1. The second kappa shape index (κ2) is 3.94. The number of ether oxygens (including phenoxy) is 1. The molecule has 0 atom stereocenters. The van der Waals surface area contributed by atoms with E-state index in [0.29, 0.717) is 18.9 Å². The van der Waals surface area contributed by atoms with Crippen LogP contribution in [0.5, 0.6) is 0 Å². The second-order valence-corrected chi connectivity index (χ2v) is 5.32. The van der Waals surface area contributed by atoms with Crippen molar-refractivity contribution >= 4 is 11.9 Å². The summed E-state index contributed by atoms with van der Waals surface area (Å²) in [7, 11) is 0. The lowest BCUT2D eigenvalue weighted by atomic mass is 9.94. The lowest BCUT2D eigenvalue weighted by Crippen LogP contribution is -2.50. The van der Waals surface area contributed by atoms with E-state index < -0.39 is 5.60 Å². The monoisotopic (exact) mass is 238 g/mol. The Balaban J connectivity index is 1.87. The predicted octanol–water partition coefficient (Wildman–Crippen LogP) is 1.33. The van der Waals surface area contributed by atoms with Crippen LogP contribution >= 0.6 is 0 Å². The molecule has 0 radical (unpaired) electrons. The lowest BCUT2D eigenvalue weighted by Gasteiger charge is -2.39. The maximum atomic E-state index is 11.7. The number of hydrogen-bond acceptors (Lipinski definition) is 4. The first-order chi connectivity index (χ1) is 7.87. The van der Waals surface area contributed by atoms with Crippen molar-refractivity contribution in [1.82, 2.24) is 15.1 Å². The number of likely N-dealkylation sites (tertiary alicyclic amines) is 1. The molecular weight excluding hydrogens is 220 g/mol. The fraction of sp³-hybridized carbons (Fsp3) is 0.636. The largest absolute Gasteiger partial charge is 0.444 e. The molecular formula is C11H18N4O2. The van der Waals surface area contributed by atoms with Crippen LogP contribution in [0.3, 0.4) is 0 Å². The summed E-state index contributed by atoms with van der Waals surface area (Å²) in [4.78, 5) is 13.4. The molecule has 6 heteroatoms. The zero-order valence-corrected chi connectivity index (χ0v) is 10.4. The molecule has 94 valence electrons. The quantitative estimate of drug-likeness (QED) is 0.773. The molecule has 0 saturated carbocycles. The fourth-order valence-electron chi connectivity index (χ4n) is 1.78. The number of aromatic nitrogens is 2. The van der Waals surface area contributed by atoms with E-state index in [1.807, 2.05) is 20.8 Å². The number of nitrogens with one attached hydrogen (secondary N) is 1. The minimum Gasteiger partial charge on any atom is -0.444 e. The second-order valence-electron chi connectivity index (χ2n) is 5.32. The van der Waals surface area contributed by atoms with Gasteiger partial charge in [0, 0.05) is 24.6 Å². The number of nitrogen functional groups attached to an aromatic ring is 1. The van der Waals surface area contributed by atoms with E-state index >= 15 is 0 Å². The smallest absolute Gasteiger partial charge is 0.410 e. The van der Waals surface area contributed by atoms with Crippen LogP contribution in [0.1, 0.15) is 32.3 Å². The molecule has 3 N–H and O–H groups in total. The van der Waals surface area contributed by atoms with Crippen LogP contribution in [0.15, 0.2) is 6.20 Å². The molecule has 1 aliphatic rings. The molecule has 0 aliphatic carbocycles. The minimum atomic E-state index is -0.448. The fourth-order valence-corrected chi connectivity index (χ4v) is 1.78. The molecule has 1 aliphatic heterocycles. The van der Waals surface area contributed by atoms with Gasteiger partial charge in [-0.05, 0) is 20.8 Å². The van der Waals surface area contributed by atoms with E-state index in [-0.39, 0.29) is 12.0 Å². The summed E-state index contributed by atoms with van der Waals surface area (Å²) >= 11 is 0. The number of carbonyl (C=O) groups excluding carboxylic acids is 1. The highest BCUT2D eigenvalue weighted by atomic mass is 16.6. The van der Waals surface area contributed by atoms with E-state index in [9.17, 15) is 4.79 Å². The average molecular weight is 238 g/mol. The first-order valence-electron chi connectivity index (χ1n) is 5.63. The van der Waals surface area contributed by atoms with Crippen molar-refractivity contribution in [2.24, 2.45) is 0 Å². The molecule has 0 spiro atoms. The van der Waals surface area contributed by atoms with Gasteiger partial charge in [0.05, 0.1) is 6.20 Å². The van der Waals surface area contributed by atoms with Crippen LogP contribution in [-0.4, -0.2) is 39.9 Å². The molecule has 1 aromatic rings. The van der Waals surface area contributed by atoms with Gasteiger partial charge in [-0.1, -0.05) is 0 Å². The molecule has 2 rings (SSSR count). The highest BCUT2D eigenvalue weighted by Gasteiger charge is 2.35. The van der Waals surface area contributed by atoms with Crippen molar-refractivity contribution in [1.29, 1.82) is 0 Å². The summed E-state index contributed by atoms with van der Waals surface area (Å²) in [6.07, 6.45) is 1.45. The Labute approximate surface area is 100 Å². The summed E-state index contributed by atoms with van der Waals surface area (Å²) in [5, 5.41) is 6.56. The molecule has 1 fully saturated rings. The van der Waals surface area contributed by atoms with Gasteiger partial charge in [0.2, 0.25) is 0 Å². The maximum Gasteiger partial charge on any atom is 0.410 e.